The number of nitrogens with zero attached hydrogens (tertiary/aromatic N) is 2. The molecule has 2 rings (SSSR count). The normalized spacial score (nSPS) is 16.1. The van der Waals surface area contributed by atoms with E-state index in [1.54, 1.807) is 0 Å². The average molecular weight is 258 g/mol. The number of carboxylic acid groups (broad SMARTS) is 1. The van der Waals surface area contributed by atoms with E-state index in [0.717, 1.165) is 37.2 Å². The Morgan fingerprint density at radius 1 is 1.47 bits per heavy atom. The van der Waals surface area contributed by atoms with E-state index in [4.69, 9.17) is 10.4 Å². The summed E-state index contributed by atoms with van der Waals surface area (Å²) in [5, 5.41) is 18.0. The van der Waals surface area contributed by atoms with E-state index in [1.807, 2.05) is 25.1 Å². The van der Waals surface area contributed by atoms with Gasteiger partial charge in [-0.3, -0.25) is 4.79 Å². The maximum Gasteiger partial charge on any atom is 0.303 e. The second kappa shape index (κ2) is 5.75. The number of aryl methyl sites for hydroxylation is 1. The molecule has 0 amide bonds. The first-order valence-electron chi connectivity index (χ1n) is 6.57. The summed E-state index contributed by atoms with van der Waals surface area (Å²) in [5.41, 5.74) is 2.82. The fourth-order valence-electron chi connectivity index (χ4n) is 2.62. The monoisotopic (exact) mass is 258 g/mol. The molecule has 1 saturated heterocycles. The van der Waals surface area contributed by atoms with Gasteiger partial charge in [0.15, 0.2) is 0 Å². The van der Waals surface area contributed by atoms with Gasteiger partial charge in [-0.05, 0) is 43.4 Å². The summed E-state index contributed by atoms with van der Waals surface area (Å²) in [6, 6.07) is 8.06. The minimum absolute atomic E-state index is 0.257. The number of aliphatic carboxylic acids is 1. The molecule has 0 unspecified atom stereocenters. The molecule has 0 radical (unpaired) electrons. The number of rotatable bonds is 3. The molecule has 1 aliphatic rings. The maximum absolute atomic E-state index is 10.7. The third-order valence-corrected chi connectivity index (χ3v) is 3.69. The lowest BCUT2D eigenvalue weighted by molar-refractivity contribution is -0.138. The number of anilines is 1. The molecule has 0 aliphatic carbocycles. The number of piperidine rings is 1. The number of nitriles is 1. The van der Waals surface area contributed by atoms with Crippen molar-refractivity contribution in [2.24, 2.45) is 5.92 Å². The Labute approximate surface area is 113 Å². The molecule has 1 aromatic carbocycles. The van der Waals surface area contributed by atoms with E-state index in [2.05, 4.69) is 11.0 Å². The van der Waals surface area contributed by atoms with Crippen molar-refractivity contribution in [3.63, 3.8) is 0 Å². The lowest BCUT2D eigenvalue weighted by Gasteiger charge is -2.33. The van der Waals surface area contributed by atoms with Crippen LogP contribution >= 0.6 is 0 Å². The first-order chi connectivity index (χ1) is 9.10. The van der Waals surface area contributed by atoms with Gasteiger partial charge in [0, 0.05) is 19.5 Å². The Kier molecular flexibility index (Phi) is 4.06. The van der Waals surface area contributed by atoms with Gasteiger partial charge in [-0.2, -0.15) is 5.26 Å². The van der Waals surface area contributed by atoms with Crippen LogP contribution in [0.5, 0.6) is 0 Å². The summed E-state index contributed by atoms with van der Waals surface area (Å²) in [7, 11) is 0. The van der Waals surface area contributed by atoms with Crippen LogP contribution < -0.4 is 4.90 Å². The third kappa shape index (κ3) is 3.25. The van der Waals surface area contributed by atoms with Crippen LogP contribution in [0.4, 0.5) is 5.69 Å². The van der Waals surface area contributed by atoms with Crippen molar-refractivity contribution in [3.05, 3.63) is 29.3 Å². The molecule has 1 heterocycles. The Bertz CT molecular complexity index is 511. The van der Waals surface area contributed by atoms with Crippen LogP contribution in [0.15, 0.2) is 18.2 Å². The summed E-state index contributed by atoms with van der Waals surface area (Å²) >= 11 is 0. The highest BCUT2D eigenvalue weighted by Crippen LogP contribution is 2.28. The Balaban J connectivity index is 2.07. The standard InChI is InChI=1S/C15H18N2O2/c1-11-2-3-13(10-16)14(8-11)17-6-4-12(5-7-17)9-15(18)19/h2-3,8,12H,4-7,9H2,1H3,(H,18,19). The van der Waals surface area contributed by atoms with Crippen LogP contribution in [0.1, 0.15) is 30.4 Å². The minimum Gasteiger partial charge on any atom is -0.481 e. The van der Waals surface area contributed by atoms with Crippen molar-refractivity contribution >= 4 is 11.7 Å². The van der Waals surface area contributed by atoms with Crippen LogP contribution in [-0.4, -0.2) is 24.2 Å². The second-order valence-electron chi connectivity index (χ2n) is 5.16. The number of carboxylic acids is 1. The third-order valence-electron chi connectivity index (χ3n) is 3.69. The summed E-state index contributed by atoms with van der Waals surface area (Å²) in [6.07, 6.45) is 2.02. The van der Waals surface area contributed by atoms with Gasteiger partial charge in [0.25, 0.3) is 0 Å². The van der Waals surface area contributed by atoms with Crippen molar-refractivity contribution in [1.29, 1.82) is 5.26 Å². The van der Waals surface area contributed by atoms with Crippen LogP contribution in [0, 0.1) is 24.2 Å². The summed E-state index contributed by atoms with van der Waals surface area (Å²) in [4.78, 5) is 12.9. The number of carbonyl (C=O) groups is 1. The zero-order valence-electron chi connectivity index (χ0n) is 11.1. The fourth-order valence-corrected chi connectivity index (χ4v) is 2.62. The Morgan fingerprint density at radius 2 is 2.16 bits per heavy atom. The number of hydrogen-bond acceptors (Lipinski definition) is 3. The molecule has 1 fully saturated rings. The number of hydrogen-bond donors (Lipinski definition) is 1. The SMILES string of the molecule is Cc1ccc(C#N)c(N2CCC(CC(=O)O)CC2)c1. The van der Waals surface area contributed by atoms with Crippen molar-refractivity contribution in [2.75, 3.05) is 18.0 Å². The molecule has 0 bridgehead atoms. The van der Waals surface area contributed by atoms with E-state index < -0.39 is 5.97 Å². The minimum atomic E-state index is -0.716. The fraction of sp³-hybridized carbons (Fsp3) is 0.467. The first-order valence-corrected chi connectivity index (χ1v) is 6.57. The van der Waals surface area contributed by atoms with E-state index in [0.29, 0.717) is 5.56 Å². The van der Waals surface area contributed by atoms with E-state index in [9.17, 15) is 4.79 Å². The Hall–Kier alpha value is -2.02. The Morgan fingerprint density at radius 3 is 2.74 bits per heavy atom. The van der Waals surface area contributed by atoms with E-state index >= 15 is 0 Å². The molecule has 0 atom stereocenters. The molecular formula is C15H18N2O2. The van der Waals surface area contributed by atoms with Gasteiger partial charge < -0.3 is 10.0 Å². The molecule has 1 aliphatic heterocycles. The highest BCUT2D eigenvalue weighted by Gasteiger charge is 2.22. The first kappa shape index (κ1) is 13.4. The molecule has 0 aromatic heterocycles. The molecule has 1 aromatic rings. The molecule has 19 heavy (non-hydrogen) atoms. The molecule has 4 heteroatoms. The van der Waals surface area contributed by atoms with Crippen LogP contribution in [0.2, 0.25) is 0 Å². The van der Waals surface area contributed by atoms with Crippen LogP contribution in [-0.2, 0) is 4.79 Å². The van der Waals surface area contributed by atoms with E-state index in [1.165, 1.54) is 0 Å². The van der Waals surface area contributed by atoms with Gasteiger partial charge in [-0.1, -0.05) is 6.07 Å². The molecule has 100 valence electrons. The molecule has 1 N–H and O–H groups in total. The summed E-state index contributed by atoms with van der Waals surface area (Å²) in [6.45, 7) is 3.67. The van der Waals surface area contributed by atoms with Gasteiger partial charge in [0.2, 0.25) is 0 Å². The highest BCUT2D eigenvalue weighted by atomic mass is 16.4. The summed E-state index contributed by atoms with van der Waals surface area (Å²) < 4.78 is 0. The molecule has 4 nitrogen and oxygen atoms in total. The zero-order chi connectivity index (χ0) is 13.8. The van der Waals surface area contributed by atoms with Gasteiger partial charge >= 0.3 is 5.97 Å². The summed E-state index contributed by atoms with van der Waals surface area (Å²) in [5.74, 6) is -0.448. The van der Waals surface area contributed by atoms with Gasteiger partial charge in [-0.15, -0.1) is 0 Å². The smallest absolute Gasteiger partial charge is 0.303 e. The van der Waals surface area contributed by atoms with Crippen LogP contribution in [0.3, 0.4) is 0 Å². The lowest BCUT2D eigenvalue weighted by Crippen LogP contribution is -2.34. The average Bonchev–Trinajstić information content (AvgIpc) is 2.39. The quantitative estimate of drug-likeness (QED) is 0.905. The highest BCUT2D eigenvalue weighted by molar-refractivity contribution is 5.67. The van der Waals surface area contributed by atoms with Crippen LogP contribution in [0.25, 0.3) is 0 Å². The van der Waals surface area contributed by atoms with Gasteiger partial charge in [0.1, 0.15) is 6.07 Å². The lowest BCUT2D eigenvalue weighted by atomic mass is 9.93. The van der Waals surface area contributed by atoms with Crippen molar-refractivity contribution < 1.29 is 9.90 Å². The van der Waals surface area contributed by atoms with Gasteiger partial charge in [0.05, 0.1) is 11.3 Å². The largest absolute Gasteiger partial charge is 0.481 e. The zero-order valence-corrected chi connectivity index (χ0v) is 11.1. The predicted octanol–water partition coefficient (Wildman–Crippen LogP) is 2.56. The molecular weight excluding hydrogens is 240 g/mol. The second-order valence-corrected chi connectivity index (χ2v) is 5.16. The number of benzene rings is 1. The maximum atomic E-state index is 10.7. The van der Waals surface area contributed by atoms with Crippen molar-refractivity contribution in [3.8, 4) is 6.07 Å². The van der Waals surface area contributed by atoms with Crippen molar-refractivity contribution in [2.45, 2.75) is 26.2 Å². The van der Waals surface area contributed by atoms with Crippen molar-refractivity contribution in [1.82, 2.24) is 0 Å². The molecule has 0 saturated carbocycles. The predicted molar refractivity (Wildman–Crippen MR) is 73.1 cm³/mol. The topological polar surface area (TPSA) is 64.3 Å². The molecule has 0 spiro atoms. The van der Waals surface area contributed by atoms with E-state index in [-0.39, 0.29) is 12.3 Å². The van der Waals surface area contributed by atoms with Gasteiger partial charge in [-0.25, -0.2) is 0 Å².